The molecule has 12 heteroatoms. The predicted molar refractivity (Wildman–Crippen MR) is 166 cm³/mol. The minimum atomic E-state index is -4.23. The smallest absolute Gasteiger partial charge is 0.247 e. The van der Waals surface area contributed by atoms with Crippen LogP contribution in [0.15, 0.2) is 64.4 Å². The molecule has 3 aromatic rings. The molecule has 224 valence electrons. The molecule has 3 rings (SSSR count). The summed E-state index contributed by atoms with van der Waals surface area (Å²) in [5.41, 5.74) is 2.12. The van der Waals surface area contributed by atoms with E-state index >= 15 is 0 Å². The molecule has 1 N–H and O–H groups in total. The van der Waals surface area contributed by atoms with Crippen LogP contribution in [0.4, 0.5) is 0 Å². The van der Waals surface area contributed by atoms with Crippen molar-refractivity contribution in [3.8, 4) is 5.75 Å². The number of sulfonamides is 2. The Kier molecular flexibility index (Phi) is 11.2. The summed E-state index contributed by atoms with van der Waals surface area (Å²) < 4.78 is 57.2. The van der Waals surface area contributed by atoms with Crippen molar-refractivity contribution in [2.75, 3.05) is 13.1 Å². The van der Waals surface area contributed by atoms with Gasteiger partial charge in [0.25, 0.3) is 0 Å². The van der Waals surface area contributed by atoms with Crippen LogP contribution in [0.5, 0.6) is 5.75 Å². The maximum Gasteiger partial charge on any atom is 0.247 e. The number of hydrogen-bond donors (Lipinski definition) is 1. The van der Waals surface area contributed by atoms with Crippen LogP contribution < -0.4 is 0 Å². The topological polar surface area (TPSA) is 95.0 Å². The molecule has 0 aliphatic rings. The Morgan fingerprint density at radius 3 is 1.66 bits per heavy atom. The van der Waals surface area contributed by atoms with Crippen LogP contribution in [0.3, 0.4) is 0 Å². The Balaban J connectivity index is 2.00. The van der Waals surface area contributed by atoms with E-state index in [-0.39, 0.29) is 53.0 Å². The highest BCUT2D eigenvalue weighted by Gasteiger charge is 2.30. The van der Waals surface area contributed by atoms with Crippen LogP contribution in [0, 0.1) is 18.8 Å². The van der Waals surface area contributed by atoms with E-state index in [0.29, 0.717) is 16.1 Å². The molecule has 0 saturated heterocycles. The highest BCUT2D eigenvalue weighted by atomic mass is 35.5. The van der Waals surface area contributed by atoms with Crippen molar-refractivity contribution in [2.24, 2.45) is 11.8 Å². The van der Waals surface area contributed by atoms with Crippen LogP contribution in [0.25, 0.3) is 0 Å². The van der Waals surface area contributed by atoms with Gasteiger partial charge in [0.2, 0.25) is 20.0 Å². The SMILES string of the molecule is Cc1ccc(S(=O)(=O)N(Cc2cc(Cl)cc(CN(CC(C)C)S(=O)(=O)c3cc(Cl)cc(Cl)c3O)c2)CC(C)C)cc1. The molecule has 0 aliphatic heterocycles. The summed E-state index contributed by atoms with van der Waals surface area (Å²) in [5, 5.41) is 10.7. The molecule has 41 heavy (non-hydrogen) atoms. The molecule has 0 atom stereocenters. The third-order valence-electron chi connectivity index (χ3n) is 6.14. The van der Waals surface area contributed by atoms with Crippen molar-refractivity contribution in [3.05, 3.63) is 86.4 Å². The van der Waals surface area contributed by atoms with Gasteiger partial charge in [0.05, 0.1) is 9.92 Å². The van der Waals surface area contributed by atoms with E-state index < -0.39 is 30.7 Å². The lowest BCUT2D eigenvalue weighted by Crippen LogP contribution is -2.34. The summed E-state index contributed by atoms with van der Waals surface area (Å²) in [5.74, 6) is -0.582. The standard InChI is InChI=1S/C29H35Cl3N2O5S2/c1-19(2)15-33(40(36,37)26-8-6-21(5)7-9-26)17-22-10-23(12-24(30)11-22)18-34(16-20(3)4)41(38,39)28-14-25(31)13-27(32)29(28)35/h6-14,19-20,35H,15-18H2,1-5H3. The molecule has 0 fully saturated rings. The first kappa shape index (κ1) is 33.6. The second kappa shape index (κ2) is 13.6. The van der Waals surface area contributed by atoms with Gasteiger partial charge < -0.3 is 5.11 Å². The minimum absolute atomic E-state index is 0.0452. The van der Waals surface area contributed by atoms with Gasteiger partial charge in [-0.2, -0.15) is 8.61 Å². The lowest BCUT2D eigenvalue weighted by Gasteiger charge is -2.26. The summed E-state index contributed by atoms with van der Waals surface area (Å²) in [7, 11) is -8.05. The third kappa shape index (κ3) is 8.60. The lowest BCUT2D eigenvalue weighted by atomic mass is 10.1. The number of benzene rings is 3. The number of phenolic OH excluding ortho intramolecular Hbond substituents is 1. The molecule has 0 saturated carbocycles. The second-order valence-electron chi connectivity index (χ2n) is 10.9. The lowest BCUT2D eigenvalue weighted by molar-refractivity contribution is 0.356. The van der Waals surface area contributed by atoms with Crippen LogP contribution >= 0.6 is 34.8 Å². The van der Waals surface area contributed by atoms with Gasteiger partial charge in [0, 0.05) is 36.2 Å². The Morgan fingerprint density at radius 2 is 1.17 bits per heavy atom. The van der Waals surface area contributed by atoms with Crippen LogP contribution in [-0.4, -0.2) is 43.6 Å². The molecule has 0 spiro atoms. The molecular weight excluding hydrogens is 627 g/mol. The molecule has 0 bridgehead atoms. The summed E-state index contributed by atoms with van der Waals surface area (Å²) in [6.07, 6.45) is 0. The van der Waals surface area contributed by atoms with Crippen molar-refractivity contribution < 1.29 is 21.9 Å². The second-order valence-corrected chi connectivity index (χ2v) is 16.0. The van der Waals surface area contributed by atoms with E-state index in [4.69, 9.17) is 34.8 Å². The van der Waals surface area contributed by atoms with E-state index in [0.717, 1.165) is 11.6 Å². The maximum absolute atomic E-state index is 13.7. The van der Waals surface area contributed by atoms with Gasteiger partial charge in [-0.15, -0.1) is 0 Å². The van der Waals surface area contributed by atoms with E-state index in [1.807, 2.05) is 34.6 Å². The summed E-state index contributed by atoms with van der Waals surface area (Å²) >= 11 is 18.5. The molecule has 0 radical (unpaired) electrons. The third-order valence-corrected chi connectivity index (χ3v) is 10.5. The first-order valence-electron chi connectivity index (χ1n) is 13.0. The molecule has 0 amide bonds. The summed E-state index contributed by atoms with van der Waals surface area (Å²) in [6, 6.07) is 14.2. The molecule has 0 aromatic heterocycles. The molecule has 0 heterocycles. The van der Waals surface area contributed by atoms with Gasteiger partial charge in [-0.05, 0) is 66.3 Å². The van der Waals surface area contributed by atoms with Crippen LogP contribution in [0.1, 0.15) is 44.4 Å². The van der Waals surface area contributed by atoms with E-state index in [1.54, 1.807) is 42.5 Å². The van der Waals surface area contributed by atoms with Gasteiger partial charge in [-0.3, -0.25) is 0 Å². The number of aryl methyl sites for hydroxylation is 1. The molecule has 7 nitrogen and oxygen atoms in total. The molecule has 3 aromatic carbocycles. The van der Waals surface area contributed by atoms with Crippen molar-refractivity contribution in [2.45, 2.75) is 57.5 Å². The predicted octanol–water partition coefficient (Wildman–Crippen LogP) is 7.35. The number of halogens is 3. The number of aromatic hydroxyl groups is 1. The number of rotatable bonds is 12. The molecular formula is C29H35Cl3N2O5S2. The fraction of sp³-hybridized carbons (Fsp3) is 0.379. The highest BCUT2D eigenvalue weighted by Crippen LogP contribution is 2.36. The van der Waals surface area contributed by atoms with Gasteiger partial charge >= 0.3 is 0 Å². The van der Waals surface area contributed by atoms with Gasteiger partial charge in [0.1, 0.15) is 4.90 Å². The zero-order valence-corrected chi connectivity index (χ0v) is 27.5. The fourth-order valence-corrected chi connectivity index (χ4v) is 8.56. The van der Waals surface area contributed by atoms with Crippen LogP contribution in [0.2, 0.25) is 15.1 Å². The van der Waals surface area contributed by atoms with E-state index in [1.165, 1.54) is 14.7 Å². The molecule has 0 unspecified atom stereocenters. The van der Waals surface area contributed by atoms with E-state index in [9.17, 15) is 21.9 Å². The zero-order valence-electron chi connectivity index (χ0n) is 23.6. The molecule has 0 aliphatic carbocycles. The Labute approximate surface area is 258 Å². The monoisotopic (exact) mass is 660 g/mol. The quantitative estimate of drug-likeness (QED) is 0.219. The average Bonchev–Trinajstić information content (AvgIpc) is 2.84. The maximum atomic E-state index is 13.7. The Bertz CT molecular complexity index is 1590. The Hall–Kier alpha value is -1.85. The average molecular weight is 662 g/mol. The van der Waals surface area contributed by atoms with E-state index in [2.05, 4.69) is 0 Å². The number of phenols is 1. The summed E-state index contributed by atoms with van der Waals surface area (Å²) in [4.78, 5) is -0.203. The van der Waals surface area contributed by atoms with Crippen LogP contribution in [-0.2, 0) is 33.1 Å². The van der Waals surface area contributed by atoms with Gasteiger partial charge in [0.15, 0.2) is 5.75 Å². The largest absolute Gasteiger partial charge is 0.505 e. The fourth-order valence-electron chi connectivity index (χ4n) is 4.35. The van der Waals surface area contributed by atoms with Crippen molar-refractivity contribution in [1.29, 1.82) is 0 Å². The minimum Gasteiger partial charge on any atom is -0.505 e. The first-order valence-corrected chi connectivity index (χ1v) is 17.1. The highest BCUT2D eigenvalue weighted by molar-refractivity contribution is 7.89. The van der Waals surface area contributed by atoms with Gasteiger partial charge in [-0.1, -0.05) is 86.3 Å². The Morgan fingerprint density at radius 1 is 0.707 bits per heavy atom. The number of hydrogen-bond acceptors (Lipinski definition) is 5. The van der Waals surface area contributed by atoms with Crippen molar-refractivity contribution in [3.63, 3.8) is 0 Å². The van der Waals surface area contributed by atoms with Crippen molar-refractivity contribution in [1.82, 2.24) is 8.61 Å². The first-order chi connectivity index (χ1) is 19.0. The zero-order chi connectivity index (χ0) is 30.7. The summed E-state index contributed by atoms with van der Waals surface area (Å²) in [6.45, 7) is 9.89. The number of nitrogens with zero attached hydrogens (tertiary/aromatic N) is 2. The van der Waals surface area contributed by atoms with Gasteiger partial charge in [-0.25, -0.2) is 16.8 Å². The normalized spacial score (nSPS) is 12.7. The van der Waals surface area contributed by atoms with Crippen molar-refractivity contribution >= 4 is 54.8 Å².